The molecular weight excluding hydrogens is 819 g/mol. The molecule has 0 aliphatic heterocycles. The Morgan fingerprint density at radius 2 is 0.746 bits per heavy atom. The van der Waals surface area contributed by atoms with E-state index in [4.69, 9.17) is 17.2 Å². The van der Waals surface area contributed by atoms with Gasteiger partial charge in [-0.1, -0.05) is 41.5 Å². The lowest BCUT2D eigenvalue weighted by Gasteiger charge is -2.33. The Bertz CT molecular complexity index is 1690. The summed E-state index contributed by atoms with van der Waals surface area (Å²) in [4.78, 5) is 130. The van der Waals surface area contributed by atoms with Crippen molar-refractivity contribution in [3.05, 3.63) is 0 Å². The molecule has 0 aliphatic carbocycles. The Labute approximate surface area is 372 Å². The second-order valence-electron chi connectivity index (χ2n) is 19.6. The first kappa shape index (κ1) is 57.7. The second kappa shape index (κ2) is 23.9. The molecule has 0 aromatic carbocycles. The van der Waals surface area contributed by atoms with E-state index in [1.807, 2.05) is 27.7 Å². The van der Waals surface area contributed by atoms with Crippen LogP contribution in [0.5, 0.6) is 0 Å². The first-order valence-corrected chi connectivity index (χ1v) is 21.3. The molecule has 0 spiro atoms. The minimum atomic E-state index is -1.73. The molecule has 5 atom stereocenters. The average molecular weight is 896 g/mol. The fourth-order valence-electron chi connectivity index (χ4n) is 5.88. The molecule has 10 amide bonds. The summed E-state index contributed by atoms with van der Waals surface area (Å²) >= 11 is 0. The highest BCUT2D eigenvalue weighted by Gasteiger charge is 2.40. The summed E-state index contributed by atoms with van der Waals surface area (Å²) < 4.78 is 0. The fraction of sp³-hybridized carbons (Fsp3) is 0.762. The molecule has 0 aliphatic rings. The van der Waals surface area contributed by atoms with Crippen molar-refractivity contribution in [2.45, 2.75) is 188 Å². The van der Waals surface area contributed by atoms with Gasteiger partial charge in [-0.15, -0.1) is 0 Å². The highest BCUT2D eigenvalue weighted by molar-refractivity contribution is 6.00. The van der Waals surface area contributed by atoms with Crippen LogP contribution in [0.15, 0.2) is 0 Å². The van der Waals surface area contributed by atoms with Gasteiger partial charge in [0, 0.05) is 6.42 Å². The van der Waals surface area contributed by atoms with Gasteiger partial charge in [0.15, 0.2) is 0 Å². The van der Waals surface area contributed by atoms with Crippen molar-refractivity contribution in [3.8, 4) is 0 Å². The van der Waals surface area contributed by atoms with E-state index < -0.39 is 111 Å². The third kappa shape index (κ3) is 20.1. The molecule has 0 aromatic heterocycles. The molecule has 0 bridgehead atoms. The van der Waals surface area contributed by atoms with Gasteiger partial charge in [-0.2, -0.15) is 0 Å². The summed E-state index contributed by atoms with van der Waals surface area (Å²) in [7, 11) is 0. The number of primary amides is 2. The molecule has 0 heterocycles. The van der Waals surface area contributed by atoms with Gasteiger partial charge in [0.25, 0.3) is 0 Å². The quantitative estimate of drug-likeness (QED) is 0.0487. The van der Waals surface area contributed by atoms with E-state index in [0.717, 1.165) is 0 Å². The van der Waals surface area contributed by atoms with Crippen LogP contribution in [0, 0.1) is 17.8 Å². The molecule has 0 fully saturated rings. The third-order valence-corrected chi connectivity index (χ3v) is 9.80. The number of amides is 10. The number of nitrogens with two attached hydrogens (primary N) is 3. The van der Waals surface area contributed by atoms with Crippen molar-refractivity contribution in [2.75, 3.05) is 0 Å². The number of rotatable bonds is 26. The zero-order chi connectivity index (χ0) is 49.6. The molecule has 0 aromatic rings. The van der Waals surface area contributed by atoms with E-state index in [1.54, 1.807) is 13.8 Å². The molecule has 0 saturated heterocycles. The molecule has 21 nitrogen and oxygen atoms in total. The predicted octanol–water partition coefficient (Wildman–Crippen LogP) is -1.26. The summed E-state index contributed by atoms with van der Waals surface area (Å²) in [5, 5.41) is 20.5. The topological polar surface area (TPSA) is 345 Å². The Morgan fingerprint density at radius 3 is 1.13 bits per heavy atom. The van der Waals surface area contributed by atoms with Crippen LogP contribution in [-0.2, 0) is 47.9 Å². The Morgan fingerprint density at radius 1 is 0.429 bits per heavy atom. The molecular formula is C42H77N11O10. The summed E-state index contributed by atoms with van der Waals surface area (Å²) in [5.41, 5.74) is 10.3. The van der Waals surface area contributed by atoms with Crippen molar-refractivity contribution in [2.24, 2.45) is 35.0 Å². The van der Waals surface area contributed by atoms with E-state index in [-0.39, 0.29) is 43.4 Å². The number of carbonyl (C=O) groups excluding carboxylic acids is 10. The van der Waals surface area contributed by atoms with Crippen LogP contribution in [0.1, 0.15) is 136 Å². The summed E-state index contributed by atoms with van der Waals surface area (Å²) in [6.45, 7) is 23.6. The van der Waals surface area contributed by atoms with Gasteiger partial charge < -0.3 is 59.7 Å². The predicted molar refractivity (Wildman–Crippen MR) is 236 cm³/mol. The fourth-order valence-corrected chi connectivity index (χ4v) is 5.88. The smallest absolute Gasteiger partial charge is 0.245 e. The van der Waals surface area contributed by atoms with Crippen LogP contribution in [0.4, 0.5) is 0 Å². The lowest BCUT2D eigenvalue weighted by atomic mass is 9.97. The molecule has 0 saturated carbocycles. The van der Waals surface area contributed by atoms with Gasteiger partial charge in [-0.3, -0.25) is 47.9 Å². The normalized spacial score (nSPS) is 14.6. The Hall–Kier alpha value is -5.34. The SMILES string of the molecule is CC(C)C[C@H](NC(=O)C(C)(C)NC(=O)[C@H](CCC(N)=O)NC(=O)C(C)(C)NC(=O)[C@H](CC(C)C)NC(=O)C(C)(C)NC(=O)[C@H](C)NC(=O)C(C)(C)NC(=O)[C@@H](N)CC(C)C)C(N)=O. The van der Waals surface area contributed by atoms with Gasteiger partial charge in [0.2, 0.25) is 59.1 Å². The lowest BCUT2D eigenvalue weighted by Crippen LogP contribution is -2.65. The standard InChI is InChI=1S/C42H77N11O10/c1-21(2)18-25(43)32(57)51-39(8,9)35(60)46-24(7)31(56)50-40(10,11)38(63)49-28(20-23(5)6)34(59)53-41(12,13)36(61)47-26(16-17-29(44)54)33(58)52-42(14,15)37(62)48-27(30(45)55)19-22(3)4/h21-28H,16-20,43H2,1-15H3,(H2,44,54)(H2,45,55)(H,46,60)(H,47,61)(H,48,62)(H,49,63)(H,50,56)(H,51,57)(H,52,58)(H,53,59)/t24-,25-,26-,27-,28-/m0/s1. The zero-order valence-electron chi connectivity index (χ0n) is 40.0. The van der Waals surface area contributed by atoms with Gasteiger partial charge in [-0.05, 0) is 106 Å². The number of hydrogen-bond acceptors (Lipinski definition) is 11. The number of carbonyl (C=O) groups is 10. The van der Waals surface area contributed by atoms with Gasteiger partial charge in [-0.25, -0.2) is 0 Å². The van der Waals surface area contributed by atoms with Gasteiger partial charge >= 0.3 is 0 Å². The molecule has 63 heavy (non-hydrogen) atoms. The number of hydrogen-bond donors (Lipinski definition) is 11. The van der Waals surface area contributed by atoms with E-state index in [0.29, 0.717) is 6.42 Å². The Balaban J connectivity index is 5.99. The van der Waals surface area contributed by atoms with E-state index in [1.165, 1.54) is 62.3 Å². The highest BCUT2D eigenvalue weighted by atomic mass is 16.2. The van der Waals surface area contributed by atoms with Gasteiger partial charge in [0.05, 0.1) is 6.04 Å². The van der Waals surface area contributed by atoms with E-state index >= 15 is 0 Å². The van der Waals surface area contributed by atoms with E-state index in [9.17, 15) is 47.9 Å². The highest BCUT2D eigenvalue weighted by Crippen LogP contribution is 2.14. The summed E-state index contributed by atoms with van der Waals surface area (Å²) in [5.74, 6) is -7.52. The monoisotopic (exact) mass is 896 g/mol. The molecule has 0 unspecified atom stereocenters. The minimum Gasteiger partial charge on any atom is -0.370 e. The minimum absolute atomic E-state index is 0.00730. The van der Waals surface area contributed by atoms with Gasteiger partial charge in [0.1, 0.15) is 46.3 Å². The van der Waals surface area contributed by atoms with Crippen LogP contribution in [0.3, 0.4) is 0 Å². The maximum absolute atomic E-state index is 13.8. The molecule has 21 heteroatoms. The molecule has 14 N–H and O–H groups in total. The van der Waals surface area contributed by atoms with Crippen LogP contribution in [-0.4, -0.2) is 111 Å². The first-order chi connectivity index (χ1) is 28.4. The Kier molecular flexibility index (Phi) is 21.9. The van der Waals surface area contributed by atoms with Crippen molar-refractivity contribution >= 4 is 59.1 Å². The summed E-state index contributed by atoms with van der Waals surface area (Å²) in [6, 6.07) is -5.66. The van der Waals surface area contributed by atoms with Crippen LogP contribution >= 0.6 is 0 Å². The largest absolute Gasteiger partial charge is 0.370 e. The average Bonchev–Trinajstić information content (AvgIpc) is 3.10. The van der Waals surface area contributed by atoms with Crippen LogP contribution in [0.2, 0.25) is 0 Å². The van der Waals surface area contributed by atoms with E-state index in [2.05, 4.69) is 42.5 Å². The lowest BCUT2D eigenvalue weighted by molar-refractivity contribution is -0.139. The molecule has 0 rings (SSSR count). The van der Waals surface area contributed by atoms with Crippen molar-refractivity contribution in [1.82, 2.24) is 42.5 Å². The summed E-state index contributed by atoms with van der Waals surface area (Å²) in [6.07, 6.45) is 0.138. The maximum Gasteiger partial charge on any atom is 0.245 e. The zero-order valence-corrected chi connectivity index (χ0v) is 40.0. The third-order valence-electron chi connectivity index (χ3n) is 9.80. The van der Waals surface area contributed by atoms with Crippen molar-refractivity contribution in [1.29, 1.82) is 0 Å². The van der Waals surface area contributed by atoms with Crippen molar-refractivity contribution < 1.29 is 47.9 Å². The maximum atomic E-state index is 13.8. The number of nitrogens with one attached hydrogen (secondary N) is 8. The first-order valence-electron chi connectivity index (χ1n) is 21.3. The van der Waals surface area contributed by atoms with Crippen LogP contribution in [0.25, 0.3) is 0 Å². The second-order valence-corrected chi connectivity index (χ2v) is 19.6. The molecule has 0 radical (unpaired) electrons. The van der Waals surface area contributed by atoms with Crippen molar-refractivity contribution in [3.63, 3.8) is 0 Å². The molecule has 360 valence electrons. The van der Waals surface area contributed by atoms with Crippen LogP contribution < -0.4 is 59.7 Å².